The van der Waals surface area contributed by atoms with Gasteiger partial charge in [-0.25, -0.2) is 0 Å². The summed E-state index contributed by atoms with van der Waals surface area (Å²) in [5, 5.41) is 3.20. The first-order valence-corrected chi connectivity index (χ1v) is 7.32. The van der Waals surface area contributed by atoms with Gasteiger partial charge in [0.25, 0.3) is 0 Å². The van der Waals surface area contributed by atoms with Crippen LogP contribution in [0.5, 0.6) is 0 Å². The zero-order chi connectivity index (χ0) is 14.6. The maximum atomic E-state index is 12.9. The van der Waals surface area contributed by atoms with Crippen LogP contribution in [0.15, 0.2) is 24.3 Å². The van der Waals surface area contributed by atoms with Gasteiger partial charge in [0.1, 0.15) is 0 Å². The van der Waals surface area contributed by atoms with Crippen molar-refractivity contribution in [3.8, 4) is 0 Å². The highest BCUT2D eigenvalue weighted by atomic mass is 19.4. The first-order valence-electron chi connectivity index (χ1n) is 7.32. The minimum atomic E-state index is -4.27. The molecule has 1 aromatic rings. The molecule has 1 aliphatic rings. The van der Waals surface area contributed by atoms with Crippen LogP contribution in [0.25, 0.3) is 0 Å². The average Bonchev–Trinajstić information content (AvgIpc) is 2.38. The van der Waals surface area contributed by atoms with Gasteiger partial charge in [0.2, 0.25) is 0 Å². The van der Waals surface area contributed by atoms with Crippen LogP contribution in [0.2, 0.25) is 0 Å². The first-order chi connectivity index (χ1) is 9.47. The van der Waals surface area contributed by atoms with Crippen LogP contribution in [0.1, 0.15) is 43.7 Å². The van der Waals surface area contributed by atoms with E-state index in [1.807, 2.05) is 0 Å². The molecule has 0 aromatic heterocycles. The van der Waals surface area contributed by atoms with E-state index >= 15 is 0 Å². The summed E-state index contributed by atoms with van der Waals surface area (Å²) in [4.78, 5) is 0. The Morgan fingerprint density at radius 2 is 1.95 bits per heavy atom. The molecular weight excluding hydrogens is 263 g/mol. The molecule has 2 atom stereocenters. The highest BCUT2D eigenvalue weighted by Crippen LogP contribution is 2.32. The largest absolute Gasteiger partial charge is 0.416 e. The lowest BCUT2D eigenvalue weighted by atomic mass is 9.82. The molecule has 1 nitrogen and oxygen atoms in total. The topological polar surface area (TPSA) is 12.0 Å². The molecule has 1 fully saturated rings. The minimum Gasteiger partial charge on any atom is -0.312 e. The second-order valence-corrected chi connectivity index (χ2v) is 5.92. The third kappa shape index (κ3) is 4.23. The molecule has 0 aliphatic heterocycles. The van der Waals surface area contributed by atoms with E-state index in [1.165, 1.54) is 31.7 Å². The van der Waals surface area contributed by atoms with Crippen molar-refractivity contribution < 1.29 is 13.2 Å². The molecule has 1 N–H and O–H groups in total. The summed E-state index contributed by atoms with van der Waals surface area (Å²) < 4.78 is 38.6. The van der Waals surface area contributed by atoms with Crippen molar-refractivity contribution in [2.24, 2.45) is 11.8 Å². The maximum absolute atomic E-state index is 12.9. The van der Waals surface area contributed by atoms with Crippen LogP contribution in [0, 0.1) is 11.8 Å². The van der Waals surface area contributed by atoms with Crippen molar-refractivity contribution in [3.63, 3.8) is 0 Å². The third-order valence-electron chi connectivity index (χ3n) is 4.12. The molecule has 0 spiro atoms. The van der Waals surface area contributed by atoms with Gasteiger partial charge in [-0.2, -0.15) is 13.2 Å². The number of alkyl halides is 3. The fourth-order valence-electron chi connectivity index (χ4n) is 3.11. The van der Waals surface area contributed by atoms with Crippen LogP contribution < -0.4 is 5.32 Å². The Hall–Kier alpha value is -1.03. The monoisotopic (exact) mass is 285 g/mol. The molecule has 112 valence electrons. The van der Waals surface area contributed by atoms with Gasteiger partial charge in [0.05, 0.1) is 5.56 Å². The van der Waals surface area contributed by atoms with Crippen LogP contribution in [0.4, 0.5) is 13.2 Å². The Bertz CT molecular complexity index is 428. The van der Waals surface area contributed by atoms with Crippen molar-refractivity contribution in [3.05, 3.63) is 35.4 Å². The third-order valence-corrected chi connectivity index (χ3v) is 4.12. The first kappa shape index (κ1) is 15.4. The molecule has 0 amide bonds. The molecule has 1 aromatic carbocycles. The molecule has 1 aliphatic carbocycles. The molecule has 1 saturated carbocycles. The Morgan fingerprint density at radius 1 is 1.20 bits per heavy atom. The van der Waals surface area contributed by atoms with Crippen molar-refractivity contribution in [2.45, 2.75) is 45.3 Å². The van der Waals surface area contributed by atoms with E-state index in [0.717, 1.165) is 18.5 Å². The van der Waals surface area contributed by atoms with E-state index in [-0.39, 0.29) is 0 Å². The zero-order valence-electron chi connectivity index (χ0n) is 11.8. The van der Waals surface area contributed by atoms with Crippen LogP contribution in [0.3, 0.4) is 0 Å². The standard InChI is InChI=1S/C16H22F3N/c1-12-5-4-6-13(9-12)10-20-11-14-7-2-3-8-15(14)16(17,18)19/h2-3,7-8,12-13,20H,4-6,9-11H2,1H3. The zero-order valence-corrected chi connectivity index (χ0v) is 11.8. The second-order valence-electron chi connectivity index (χ2n) is 5.92. The number of halogens is 3. The van der Waals surface area contributed by atoms with Crippen LogP contribution in [-0.4, -0.2) is 6.54 Å². The average molecular weight is 285 g/mol. The lowest BCUT2D eigenvalue weighted by molar-refractivity contribution is -0.138. The summed E-state index contributed by atoms with van der Waals surface area (Å²) in [6.45, 7) is 3.36. The van der Waals surface area contributed by atoms with E-state index < -0.39 is 11.7 Å². The minimum absolute atomic E-state index is 0.292. The van der Waals surface area contributed by atoms with E-state index in [4.69, 9.17) is 0 Å². The summed E-state index contributed by atoms with van der Waals surface area (Å²) in [7, 11) is 0. The summed E-state index contributed by atoms with van der Waals surface area (Å²) in [5.74, 6) is 1.36. The van der Waals surface area contributed by atoms with Crippen molar-refractivity contribution in [2.75, 3.05) is 6.54 Å². The molecule has 0 radical (unpaired) electrons. The fourth-order valence-corrected chi connectivity index (χ4v) is 3.11. The number of hydrogen-bond donors (Lipinski definition) is 1. The van der Waals surface area contributed by atoms with Gasteiger partial charge in [-0.1, -0.05) is 38.0 Å². The Morgan fingerprint density at radius 3 is 2.65 bits per heavy atom. The van der Waals surface area contributed by atoms with Gasteiger partial charge in [-0.15, -0.1) is 0 Å². The Labute approximate surface area is 118 Å². The Balaban J connectivity index is 1.88. The summed E-state index contributed by atoms with van der Waals surface area (Å²) in [5.41, 5.74) is -0.187. The van der Waals surface area contributed by atoms with E-state index in [1.54, 1.807) is 12.1 Å². The lowest BCUT2D eigenvalue weighted by Gasteiger charge is -2.27. The molecule has 0 heterocycles. The quantitative estimate of drug-likeness (QED) is 0.851. The van der Waals surface area contributed by atoms with Gasteiger partial charge in [0.15, 0.2) is 0 Å². The second kappa shape index (κ2) is 6.61. The molecule has 2 rings (SSSR count). The van der Waals surface area contributed by atoms with Gasteiger partial charge >= 0.3 is 6.18 Å². The predicted octanol–water partition coefficient (Wildman–Crippen LogP) is 4.62. The van der Waals surface area contributed by atoms with Crippen molar-refractivity contribution >= 4 is 0 Å². The van der Waals surface area contributed by atoms with Gasteiger partial charge in [-0.05, 0) is 42.9 Å². The number of hydrogen-bond acceptors (Lipinski definition) is 1. The normalized spacial score (nSPS) is 23.8. The van der Waals surface area contributed by atoms with Gasteiger partial charge in [-0.3, -0.25) is 0 Å². The molecule has 0 bridgehead atoms. The summed E-state index contributed by atoms with van der Waals surface area (Å²) >= 11 is 0. The number of nitrogens with one attached hydrogen (secondary N) is 1. The van der Waals surface area contributed by atoms with E-state index in [0.29, 0.717) is 18.0 Å². The van der Waals surface area contributed by atoms with Crippen LogP contribution >= 0.6 is 0 Å². The summed E-state index contributed by atoms with van der Waals surface area (Å²) in [6, 6.07) is 5.81. The lowest BCUT2D eigenvalue weighted by Crippen LogP contribution is -2.27. The van der Waals surface area contributed by atoms with Gasteiger partial charge in [0, 0.05) is 6.54 Å². The Kier molecular flexibility index (Phi) is 5.08. The summed E-state index contributed by atoms with van der Waals surface area (Å²) in [6.07, 6.45) is 0.643. The van der Waals surface area contributed by atoms with E-state index in [9.17, 15) is 13.2 Å². The fraction of sp³-hybridized carbons (Fsp3) is 0.625. The van der Waals surface area contributed by atoms with E-state index in [2.05, 4.69) is 12.2 Å². The predicted molar refractivity (Wildman–Crippen MR) is 74.3 cm³/mol. The maximum Gasteiger partial charge on any atom is 0.416 e. The highest BCUT2D eigenvalue weighted by molar-refractivity contribution is 5.29. The number of rotatable bonds is 4. The molecule has 2 unspecified atom stereocenters. The highest BCUT2D eigenvalue weighted by Gasteiger charge is 2.32. The van der Waals surface area contributed by atoms with Crippen molar-refractivity contribution in [1.29, 1.82) is 0 Å². The van der Waals surface area contributed by atoms with Crippen molar-refractivity contribution in [1.82, 2.24) is 5.32 Å². The molecule has 4 heteroatoms. The molecule has 20 heavy (non-hydrogen) atoms. The molecule has 0 saturated heterocycles. The van der Waals surface area contributed by atoms with Gasteiger partial charge < -0.3 is 5.32 Å². The van der Waals surface area contributed by atoms with Crippen LogP contribution in [-0.2, 0) is 12.7 Å². The SMILES string of the molecule is CC1CCCC(CNCc2ccccc2C(F)(F)F)C1. The molecular formula is C16H22F3N. The number of benzene rings is 1. The smallest absolute Gasteiger partial charge is 0.312 e.